The number of hydrogen-bond acceptors (Lipinski definition) is 5. The summed E-state index contributed by atoms with van der Waals surface area (Å²) in [6.07, 6.45) is 1.55. The molecule has 0 saturated carbocycles. The Bertz CT molecular complexity index is 1390. The zero-order valence-corrected chi connectivity index (χ0v) is 18.4. The normalized spacial score (nSPS) is 11.9. The number of benzene rings is 2. The summed E-state index contributed by atoms with van der Waals surface area (Å²) >= 11 is 0. The van der Waals surface area contributed by atoms with E-state index in [1.165, 1.54) is 0 Å². The van der Waals surface area contributed by atoms with Crippen molar-refractivity contribution >= 4 is 10.9 Å². The quantitative estimate of drug-likeness (QED) is 0.384. The van der Waals surface area contributed by atoms with Gasteiger partial charge >= 0.3 is 0 Å². The zero-order chi connectivity index (χ0) is 22.5. The van der Waals surface area contributed by atoms with Crippen molar-refractivity contribution in [3.05, 3.63) is 66.6 Å². The maximum atomic E-state index is 11.3. The summed E-state index contributed by atoms with van der Waals surface area (Å²) in [7, 11) is 1.65. The molecule has 0 fully saturated rings. The van der Waals surface area contributed by atoms with Crippen molar-refractivity contribution < 1.29 is 14.4 Å². The molecule has 0 spiro atoms. The third-order valence-corrected chi connectivity index (χ3v) is 5.59. The zero-order valence-electron chi connectivity index (χ0n) is 18.4. The number of nitrogens with one attached hydrogen (secondary N) is 1. The van der Waals surface area contributed by atoms with Crippen LogP contribution in [0.4, 0.5) is 0 Å². The Morgan fingerprint density at radius 2 is 1.78 bits per heavy atom. The number of aromatic amines is 1. The highest BCUT2D eigenvalue weighted by Gasteiger charge is 2.30. The van der Waals surface area contributed by atoms with Crippen LogP contribution in [-0.4, -0.2) is 32.1 Å². The molecule has 2 N–H and O–H groups in total. The van der Waals surface area contributed by atoms with Gasteiger partial charge in [-0.1, -0.05) is 50.2 Å². The van der Waals surface area contributed by atoms with Gasteiger partial charge in [-0.25, -0.2) is 0 Å². The molecule has 7 heteroatoms. The molecule has 3 heterocycles. The summed E-state index contributed by atoms with van der Waals surface area (Å²) in [5.41, 5.74) is 5.42. The lowest BCUT2D eigenvalue weighted by Crippen LogP contribution is -2.12. The van der Waals surface area contributed by atoms with Crippen molar-refractivity contribution in [1.82, 2.24) is 19.9 Å². The first-order chi connectivity index (χ1) is 15.4. The van der Waals surface area contributed by atoms with E-state index in [2.05, 4.69) is 36.1 Å². The summed E-state index contributed by atoms with van der Waals surface area (Å²) < 4.78 is 12.5. The lowest BCUT2D eigenvalue weighted by molar-refractivity contribution is 0.416. The van der Waals surface area contributed by atoms with Gasteiger partial charge in [-0.3, -0.25) is 9.67 Å². The van der Waals surface area contributed by atoms with Gasteiger partial charge in [0.1, 0.15) is 23.2 Å². The van der Waals surface area contributed by atoms with Gasteiger partial charge in [-0.15, -0.1) is 0 Å². The van der Waals surface area contributed by atoms with E-state index in [0.717, 1.165) is 39.3 Å². The van der Waals surface area contributed by atoms with E-state index in [0.29, 0.717) is 11.3 Å². The minimum absolute atomic E-state index is 0.0955. The highest BCUT2D eigenvalue weighted by Crippen LogP contribution is 2.46. The van der Waals surface area contributed by atoms with E-state index in [9.17, 15) is 5.11 Å². The Morgan fingerprint density at radius 3 is 2.44 bits per heavy atom. The summed E-state index contributed by atoms with van der Waals surface area (Å²) in [6, 6.07) is 17.4. The predicted molar refractivity (Wildman–Crippen MR) is 123 cm³/mol. The molecule has 2 aromatic carbocycles. The van der Waals surface area contributed by atoms with Gasteiger partial charge in [-0.05, 0) is 24.3 Å². The summed E-state index contributed by atoms with van der Waals surface area (Å²) in [6.45, 7) is 6.32. The van der Waals surface area contributed by atoms with E-state index in [1.807, 2.05) is 59.2 Å². The highest BCUT2D eigenvalue weighted by molar-refractivity contribution is 6.02. The van der Waals surface area contributed by atoms with E-state index < -0.39 is 0 Å². The van der Waals surface area contributed by atoms with Gasteiger partial charge in [0.25, 0.3) is 0 Å². The number of aromatic hydroxyl groups is 1. The molecule has 0 unspecified atom stereocenters. The second-order valence-corrected chi connectivity index (χ2v) is 8.71. The topological polar surface area (TPSA) is 89.1 Å². The standard InChI is InChI=1S/C25H24N4O3/c1-25(2,3)23-20-21(26-27-23)24(30)29(22(20)17-7-5-6-8-19(17)31-4)16-11-9-15(10-12-16)18-13-14-32-28-18/h5-14,26,30H,1-4H3. The van der Waals surface area contributed by atoms with Crippen LogP contribution >= 0.6 is 0 Å². The van der Waals surface area contributed by atoms with Crippen molar-refractivity contribution in [2.24, 2.45) is 0 Å². The van der Waals surface area contributed by atoms with Crippen LogP contribution in [0.3, 0.4) is 0 Å². The number of ether oxygens (including phenoxy) is 1. The number of methoxy groups -OCH3 is 1. The molecule has 0 saturated heterocycles. The number of H-pyrrole nitrogens is 1. The molecule has 5 aromatic rings. The van der Waals surface area contributed by atoms with Gasteiger partial charge in [-0.2, -0.15) is 5.10 Å². The molecular formula is C25H24N4O3. The van der Waals surface area contributed by atoms with E-state index in [1.54, 1.807) is 13.4 Å². The van der Waals surface area contributed by atoms with E-state index >= 15 is 0 Å². The monoisotopic (exact) mass is 428 g/mol. The molecule has 0 bridgehead atoms. The molecule has 5 rings (SSSR count). The molecule has 162 valence electrons. The number of hydrogen-bond donors (Lipinski definition) is 2. The van der Waals surface area contributed by atoms with Gasteiger partial charge in [0, 0.05) is 28.3 Å². The first-order valence-electron chi connectivity index (χ1n) is 10.4. The van der Waals surface area contributed by atoms with E-state index in [4.69, 9.17) is 9.26 Å². The fourth-order valence-electron chi connectivity index (χ4n) is 4.10. The average Bonchev–Trinajstić information content (AvgIpc) is 3.51. The molecule has 0 amide bonds. The van der Waals surface area contributed by atoms with Crippen molar-refractivity contribution in [3.8, 4) is 39.8 Å². The van der Waals surface area contributed by atoms with Crippen LogP contribution in [0, 0.1) is 0 Å². The molecule has 7 nitrogen and oxygen atoms in total. The number of fused-ring (bicyclic) bond motifs is 1. The number of para-hydroxylation sites is 1. The fraction of sp³-hybridized carbons (Fsp3) is 0.200. The Labute approximate surface area is 185 Å². The van der Waals surface area contributed by atoms with Gasteiger partial charge in [0.15, 0.2) is 0 Å². The minimum Gasteiger partial charge on any atom is -0.496 e. The smallest absolute Gasteiger partial charge is 0.222 e. The number of nitrogens with zero attached hydrogens (tertiary/aromatic N) is 3. The van der Waals surface area contributed by atoms with Crippen LogP contribution in [0.5, 0.6) is 11.6 Å². The van der Waals surface area contributed by atoms with E-state index in [-0.39, 0.29) is 11.3 Å². The molecule has 0 radical (unpaired) electrons. The van der Waals surface area contributed by atoms with Crippen LogP contribution < -0.4 is 4.74 Å². The van der Waals surface area contributed by atoms with Crippen LogP contribution in [0.1, 0.15) is 26.5 Å². The molecule has 3 aromatic heterocycles. The second-order valence-electron chi connectivity index (χ2n) is 8.71. The van der Waals surface area contributed by atoms with Crippen LogP contribution in [-0.2, 0) is 5.41 Å². The minimum atomic E-state index is -0.232. The van der Waals surface area contributed by atoms with Crippen molar-refractivity contribution in [1.29, 1.82) is 0 Å². The van der Waals surface area contributed by atoms with Crippen LogP contribution in [0.25, 0.3) is 39.1 Å². The average molecular weight is 428 g/mol. The predicted octanol–water partition coefficient (Wildman–Crippen LogP) is 5.69. The molecule has 0 atom stereocenters. The van der Waals surface area contributed by atoms with Gasteiger partial charge in [0.05, 0.1) is 23.9 Å². The van der Waals surface area contributed by atoms with Crippen molar-refractivity contribution in [2.75, 3.05) is 7.11 Å². The van der Waals surface area contributed by atoms with Crippen LogP contribution in [0.2, 0.25) is 0 Å². The lowest BCUT2D eigenvalue weighted by atomic mass is 9.89. The second kappa shape index (κ2) is 7.30. The Morgan fingerprint density at radius 1 is 1.03 bits per heavy atom. The summed E-state index contributed by atoms with van der Waals surface area (Å²) in [4.78, 5) is 0. The van der Waals surface area contributed by atoms with Crippen LogP contribution in [0.15, 0.2) is 65.4 Å². The van der Waals surface area contributed by atoms with Gasteiger partial charge in [0.2, 0.25) is 5.88 Å². The third kappa shape index (κ3) is 3.05. The molecular weight excluding hydrogens is 404 g/mol. The third-order valence-electron chi connectivity index (χ3n) is 5.59. The number of aromatic nitrogens is 4. The Balaban J connectivity index is 1.81. The Hall–Kier alpha value is -4.00. The summed E-state index contributed by atoms with van der Waals surface area (Å²) in [5.74, 6) is 0.812. The molecule has 0 aliphatic carbocycles. The molecule has 0 aliphatic rings. The Kier molecular flexibility index (Phi) is 4.55. The van der Waals surface area contributed by atoms with Crippen molar-refractivity contribution in [3.63, 3.8) is 0 Å². The largest absolute Gasteiger partial charge is 0.496 e. The lowest BCUT2D eigenvalue weighted by Gasteiger charge is -2.18. The summed E-state index contributed by atoms with van der Waals surface area (Å²) in [5, 5.41) is 23.8. The van der Waals surface area contributed by atoms with Gasteiger partial charge < -0.3 is 14.4 Å². The molecule has 32 heavy (non-hydrogen) atoms. The number of rotatable bonds is 4. The maximum absolute atomic E-state index is 11.3. The molecule has 0 aliphatic heterocycles. The first kappa shape index (κ1) is 19.9. The highest BCUT2D eigenvalue weighted by atomic mass is 16.5. The SMILES string of the molecule is COc1ccccc1-c1c2c(C(C)(C)C)n[nH]c2c(O)n1-c1ccc(-c2ccon2)cc1. The fourth-order valence-corrected chi connectivity index (χ4v) is 4.10. The maximum Gasteiger partial charge on any atom is 0.222 e. The van der Waals surface area contributed by atoms with Crippen molar-refractivity contribution in [2.45, 2.75) is 26.2 Å². The first-order valence-corrected chi connectivity index (χ1v) is 10.4.